The third-order valence-corrected chi connectivity index (χ3v) is 4.45. The van der Waals surface area contributed by atoms with Crippen molar-refractivity contribution in [1.82, 2.24) is 10.2 Å². The van der Waals surface area contributed by atoms with Crippen LogP contribution >= 0.6 is 0 Å². The Morgan fingerprint density at radius 3 is 2.44 bits per heavy atom. The van der Waals surface area contributed by atoms with Gasteiger partial charge in [0.2, 0.25) is 5.91 Å². The van der Waals surface area contributed by atoms with Gasteiger partial charge in [0.25, 0.3) is 0 Å². The van der Waals surface area contributed by atoms with Crippen molar-refractivity contribution in [3.63, 3.8) is 0 Å². The van der Waals surface area contributed by atoms with E-state index in [4.69, 9.17) is 0 Å². The predicted octanol–water partition coefficient (Wildman–Crippen LogP) is 3.11. The minimum atomic E-state index is -0.143. The molecule has 1 heterocycles. The van der Waals surface area contributed by atoms with E-state index in [-0.39, 0.29) is 24.5 Å². The lowest BCUT2D eigenvalue weighted by Crippen LogP contribution is -2.40. The summed E-state index contributed by atoms with van der Waals surface area (Å²) in [6.45, 7) is 5.19. The number of anilines is 1. The second-order valence-corrected chi connectivity index (χ2v) is 6.39. The first-order chi connectivity index (χ1) is 12.0. The zero-order chi connectivity index (χ0) is 17.8. The number of hydrogen-bond acceptors (Lipinski definition) is 2. The van der Waals surface area contributed by atoms with Gasteiger partial charge in [-0.1, -0.05) is 48.0 Å². The average Bonchev–Trinajstić information content (AvgIpc) is 2.97. The van der Waals surface area contributed by atoms with Crippen molar-refractivity contribution in [3.8, 4) is 0 Å². The summed E-state index contributed by atoms with van der Waals surface area (Å²) in [5, 5.41) is 2.95. The van der Waals surface area contributed by atoms with Crippen LogP contribution in [0.3, 0.4) is 0 Å². The molecule has 0 saturated carbocycles. The normalized spacial score (nSPS) is 15.4. The number of nitrogens with one attached hydrogen (secondary N) is 1. The Labute approximate surface area is 148 Å². The number of benzene rings is 2. The summed E-state index contributed by atoms with van der Waals surface area (Å²) < 4.78 is 0. The van der Waals surface area contributed by atoms with Gasteiger partial charge in [0, 0.05) is 18.8 Å². The molecular formula is C20H23N3O2. The molecule has 1 fully saturated rings. The molecule has 5 nitrogen and oxygen atoms in total. The summed E-state index contributed by atoms with van der Waals surface area (Å²) in [5.41, 5.74) is 3.07. The molecule has 0 spiro atoms. The second-order valence-electron chi connectivity index (χ2n) is 6.39. The third-order valence-electron chi connectivity index (χ3n) is 4.45. The predicted molar refractivity (Wildman–Crippen MR) is 98.5 cm³/mol. The standard InChI is InChI=1S/C20H23N3O2/c1-15-8-10-18(11-9-15)23-13-12-22(20(23)25)14-19(24)21-16(2)17-6-4-3-5-7-17/h3-11,16H,12-14H2,1-2H3,(H,21,24). The molecule has 0 aromatic heterocycles. The fraction of sp³-hybridized carbons (Fsp3) is 0.300. The number of nitrogens with zero attached hydrogens (tertiary/aromatic N) is 2. The molecule has 2 aromatic carbocycles. The molecule has 130 valence electrons. The van der Waals surface area contributed by atoms with Gasteiger partial charge in [-0.05, 0) is 31.5 Å². The van der Waals surface area contributed by atoms with Gasteiger partial charge in [-0.15, -0.1) is 0 Å². The fourth-order valence-corrected chi connectivity index (χ4v) is 2.98. The van der Waals surface area contributed by atoms with Crippen LogP contribution in [0.4, 0.5) is 10.5 Å². The largest absolute Gasteiger partial charge is 0.348 e. The number of carbonyl (C=O) groups is 2. The minimum Gasteiger partial charge on any atom is -0.348 e. The molecule has 3 amide bonds. The second kappa shape index (κ2) is 7.38. The highest BCUT2D eigenvalue weighted by molar-refractivity contribution is 5.96. The van der Waals surface area contributed by atoms with Gasteiger partial charge in [-0.2, -0.15) is 0 Å². The maximum Gasteiger partial charge on any atom is 0.325 e. The first-order valence-corrected chi connectivity index (χ1v) is 8.52. The number of aryl methyl sites for hydroxylation is 1. The maximum absolute atomic E-state index is 12.6. The topological polar surface area (TPSA) is 52.6 Å². The molecule has 1 aliphatic rings. The lowest BCUT2D eigenvalue weighted by molar-refractivity contribution is -0.122. The molecule has 0 aliphatic carbocycles. The Morgan fingerprint density at radius 2 is 1.76 bits per heavy atom. The van der Waals surface area contributed by atoms with Gasteiger partial charge in [-0.25, -0.2) is 4.79 Å². The van der Waals surface area contributed by atoms with E-state index in [1.54, 1.807) is 9.80 Å². The van der Waals surface area contributed by atoms with Gasteiger partial charge in [0.05, 0.1) is 6.04 Å². The van der Waals surface area contributed by atoms with Crippen LogP contribution in [0.15, 0.2) is 54.6 Å². The van der Waals surface area contributed by atoms with Gasteiger partial charge >= 0.3 is 6.03 Å². The molecule has 25 heavy (non-hydrogen) atoms. The third kappa shape index (κ3) is 3.99. The molecule has 1 saturated heterocycles. The zero-order valence-corrected chi connectivity index (χ0v) is 14.6. The molecule has 1 atom stereocenters. The lowest BCUT2D eigenvalue weighted by atomic mass is 10.1. The summed E-state index contributed by atoms with van der Waals surface area (Å²) in [4.78, 5) is 28.2. The smallest absolute Gasteiger partial charge is 0.325 e. The summed E-state index contributed by atoms with van der Waals surface area (Å²) in [6, 6.07) is 17.4. The molecule has 3 rings (SSSR count). The van der Waals surface area contributed by atoms with E-state index < -0.39 is 0 Å². The summed E-state index contributed by atoms with van der Waals surface area (Å²) in [6.07, 6.45) is 0. The summed E-state index contributed by atoms with van der Waals surface area (Å²) in [7, 11) is 0. The van der Waals surface area contributed by atoms with Crippen LogP contribution in [0.1, 0.15) is 24.1 Å². The fourth-order valence-electron chi connectivity index (χ4n) is 2.98. The van der Waals surface area contributed by atoms with Crippen LogP contribution in [0.25, 0.3) is 0 Å². The van der Waals surface area contributed by atoms with Crippen molar-refractivity contribution in [2.75, 3.05) is 24.5 Å². The van der Waals surface area contributed by atoms with Crippen LogP contribution in [0.2, 0.25) is 0 Å². The van der Waals surface area contributed by atoms with Crippen molar-refractivity contribution < 1.29 is 9.59 Å². The van der Waals surface area contributed by atoms with Gasteiger partial charge in [0.1, 0.15) is 6.54 Å². The highest BCUT2D eigenvalue weighted by Gasteiger charge is 2.30. The van der Waals surface area contributed by atoms with Crippen molar-refractivity contribution in [3.05, 3.63) is 65.7 Å². The van der Waals surface area contributed by atoms with Crippen molar-refractivity contribution in [1.29, 1.82) is 0 Å². The van der Waals surface area contributed by atoms with E-state index in [1.165, 1.54) is 0 Å². The van der Waals surface area contributed by atoms with Crippen molar-refractivity contribution >= 4 is 17.6 Å². The Hall–Kier alpha value is -2.82. The van der Waals surface area contributed by atoms with Gasteiger partial charge in [0.15, 0.2) is 0 Å². The van der Waals surface area contributed by atoms with Crippen molar-refractivity contribution in [2.24, 2.45) is 0 Å². The summed E-state index contributed by atoms with van der Waals surface area (Å²) >= 11 is 0. The Morgan fingerprint density at radius 1 is 1.08 bits per heavy atom. The van der Waals surface area contributed by atoms with Crippen LogP contribution in [-0.4, -0.2) is 36.5 Å². The van der Waals surface area contributed by atoms with Gasteiger partial charge in [-0.3, -0.25) is 9.69 Å². The quantitative estimate of drug-likeness (QED) is 0.911. The van der Waals surface area contributed by atoms with E-state index in [9.17, 15) is 9.59 Å². The highest BCUT2D eigenvalue weighted by Crippen LogP contribution is 2.20. The number of amides is 3. The summed E-state index contributed by atoms with van der Waals surface area (Å²) in [5.74, 6) is -0.143. The van der Waals surface area contributed by atoms with E-state index >= 15 is 0 Å². The Bertz CT molecular complexity index is 743. The molecule has 2 aromatic rings. The zero-order valence-electron chi connectivity index (χ0n) is 14.6. The molecule has 0 bridgehead atoms. The van der Waals surface area contributed by atoms with Crippen LogP contribution in [0, 0.1) is 6.92 Å². The molecular weight excluding hydrogens is 314 g/mol. The lowest BCUT2D eigenvalue weighted by Gasteiger charge is -2.20. The van der Waals surface area contributed by atoms with Gasteiger partial charge < -0.3 is 10.2 Å². The molecule has 1 N–H and O–H groups in total. The molecule has 5 heteroatoms. The van der Waals surface area contributed by atoms with Crippen LogP contribution in [0.5, 0.6) is 0 Å². The van der Waals surface area contributed by atoms with Crippen LogP contribution < -0.4 is 10.2 Å². The minimum absolute atomic E-state index is 0.0817. The number of urea groups is 1. The number of hydrogen-bond donors (Lipinski definition) is 1. The highest BCUT2D eigenvalue weighted by atomic mass is 16.2. The first kappa shape index (κ1) is 17.0. The molecule has 1 unspecified atom stereocenters. The average molecular weight is 337 g/mol. The van der Waals surface area contributed by atoms with Crippen molar-refractivity contribution in [2.45, 2.75) is 19.9 Å². The van der Waals surface area contributed by atoms with Crippen LogP contribution in [-0.2, 0) is 4.79 Å². The maximum atomic E-state index is 12.6. The first-order valence-electron chi connectivity index (χ1n) is 8.52. The van der Waals surface area contributed by atoms with E-state index in [0.717, 1.165) is 16.8 Å². The van der Waals surface area contributed by atoms with E-state index in [2.05, 4.69) is 5.32 Å². The Balaban J connectivity index is 1.57. The number of carbonyl (C=O) groups excluding carboxylic acids is 2. The Kier molecular flexibility index (Phi) is 5.03. The molecule has 1 aliphatic heterocycles. The van der Waals surface area contributed by atoms with E-state index in [0.29, 0.717) is 13.1 Å². The van der Waals surface area contributed by atoms with E-state index in [1.807, 2.05) is 68.4 Å². The molecule has 0 radical (unpaired) electrons. The number of rotatable bonds is 5. The SMILES string of the molecule is Cc1ccc(N2CCN(CC(=O)NC(C)c3ccccc3)C2=O)cc1. The monoisotopic (exact) mass is 337 g/mol.